The molecule has 0 radical (unpaired) electrons. The molecular formula is C34H44ClNO7. The minimum absolute atomic E-state index is 0.105. The van der Waals surface area contributed by atoms with Crippen molar-refractivity contribution in [2.24, 2.45) is 11.8 Å². The molecule has 1 fully saturated rings. The molecule has 43 heavy (non-hydrogen) atoms. The fraction of sp³-hybridized carbons (Fsp3) is 0.529. The molecule has 1 saturated carbocycles. The molecule has 2 aromatic rings. The molecule has 4 atom stereocenters. The van der Waals surface area contributed by atoms with E-state index in [1.54, 1.807) is 45.0 Å². The van der Waals surface area contributed by atoms with Crippen LogP contribution < -0.4 is 9.64 Å². The standard InChI is InChI=1S/C34H44ClNO7/c1-6-29(37)27-14-11-23(27)20-36-16-8-7-9-22-17-26(35)13-10-24(22)21-42-30-15-12-25(18-28(30)36)34(40,32(39)41-5)19-31(38)43-33(2,3)4/h6,10,12-13,15,17-18,23,27,29,37,40H,1,7-9,11,14,16,19-21H2,2-5H3/t23-,27+,29-,34-/m0/s1. The van der Waals surface area contributed by atoms with Gasteiger partial charge in [0.2, 0.25) is 0 Å². The summed E-state index contributed by atoms with van der Waals surface area (Å²) in [5.74, 6) is -0.769. The Kier molecular flexibility index (Phi) is 10.5. The molecule has 8 nitrogen and oxygen atoms in total. The Bertz CT molecular complexity index is 1320. The number of nitrogens with zero attached hydrogens (tertiary/aromatic N) is 1. The number of carbonyl (C=O) groups is 2. The number of hydrogen-bond donors (Lipinski definition) is 2. The zero-order chi connectivity index (χ0) is 31.4. The van der Waals surface area contributed by atoms with Crippen LogP contribution in [-0.4, -0.2) is 54.1 Å². The summed E-state index contributed by atoms with van der Waals surface area (Å²) in [7, 11) is 1.17. The van der Waals surface area contributed by atoms with Crippen molar-refractivity contribution >= 4 is 29.2 Å². The number of benzene rings is 2. The molecule has 0 spiro atoms. The molecule has 0 bridgehead atoms. The molecule has 0 amide bonds. The highest BCUT2D eigenvalue weighted by Gasteiger charge is 2.44. The second-order valence-electron chi connectivity index (χ2n) is 12.6. The number of halogens is 1. The lowest BCUT2D eigenvalue weighted by molar-refractivity contribution is -0.175. The number of anilines is 1. The minimum atomic E-state index is -2.27. The van der Waals surface area contributed by atoms with Crippen LogP contribution in [0.4, 0.5) is 5.69 Å². The Labute approximate surface area is 259 Å². The van der Waals surface area contributed by atoms with E-state index in [0.29, 0.717) is 36.2 Å². The van der Waals surface area contributed by atoms with Gasteiger partial charge in [-0.05, 0) is 106 Å². The quantitative estimate of drug-likeness (QED) is 0.287. The topological polar surface area (TPSA) is 106 Å². The number of ether oxygens (including phenoxy) is 3. The van der Waals surface area contributed by atoms with Crippen molar-refractivity contribution in [3.8, 4) is 5.75 Å². The molecule has 1 heterocycles. The molecule has 0 unspecified atom stereocenters. The molecule has 9 heteroatoms. The summed E-state index contributed by atoms with van der Waals surface area (Å²) in [6.45, 7) is 10.6. The first-order valence-electron chi connectivity index (χ1n) is 15.0. The van der Waals surface area contributed by atoms with Gasteiger partial charge >= 0.3 is 11.9 Å². The number of aliphatic hydroxyl groups excluding tert-OH is 1. The van der Waals surface area contributed by atoms with Gasteiger partial charge in [-0.1, -0.05) is 29.8 Å². The Morgan fingerprint density at radius 2 is 1.93 bits per heavy atom. The lowest BCUT2D eigenvalue weighted by Crippen LogP contribution is -2.43. The fourth-order valence-electron chi connectivity index (χ4n) is 5.97. The maximum absolute atomic E-state index is 13.0. The predicted octanol–water partition coefficient (Wildman–Crippen LogP) is 5.73. The van der Waals surface area contributed by atoms with Gasteiger partial charge in [0.1, 0.15) is 18.0 Å². The van der Waals surface area contributed by atoms with Gasteiger partial charge in [0.05, 0.1) is 25.3 Å². The minimum Gasteiger partial charge on any atom is -0.487 e. The summed E-state index contributed by atoms with van der Waals surface area (Å²) in [5, 5.41) is 22.9. The monoisotopic (exact) mass is 613 g/mol. The average Bonchev–Trinajstić information content (AvgIpc) is 2.96. The van der Waals surface area contributed by atoms with Crippen LogP contribution in [0.15, 0.2) is 49.1 Å². The van der Waals surface area contributed by atoms with E-state index in [1.165, 1.54) is 7.11 Å². The van der Waals surface area contributed by atoms with Gasteiger partial charge in [0.15, 0.2) is 5.60 Å². The lowest BCUT2D eigenvalue weighted by Gasteiger charge is -2.42. The molecule has 0 aromatic heterocycles. The summed E-state index contributed by atoms with van der Waals surface area (Å²) < 4.78 is 16.8. The maximum Gasteiger partial charge on any atom is 0.343 e. The fourth-order valence-corrected chi connectivity index (χ4v) is 6.17. The van der Waals surface area contributed by atoms with E-state index < -0.39 is 35.7 Å². The summed E-state index contributed by atoms with van der Waals surface area (Å²) in [4.78, 5) is 28.1. The molecule has 2 N–H and O–H groups in total. The number of aryl methyl sites for hydroxylation is 1. The number of rotatable bonds is 8. The Morgan fingerprint density at radius 1 is 1.16 bits per heavy atom. The number of carbonyl (C=O) groups excluding carboxylic acids is 2. The third-order valence-electron chi connectivity index (χ3n) is 8.41. The van der Waals surface area contributed by atoms with Gasteiger partial charge in [-0.3, -0.25) is 4.79 Å². The van der Waals surface area contributed by atoms with Crippen LogP contribution >= 0.6 is 11.6 Å². The highest BCUT2D eigenvalue weighted by molar-refractivity contribution is 6.30. The average molecular weight is 614 g/mol. The number of methoxy groups -OCH3 is 1. The highest BCUT2D eigenvalue weighted by atomic mass is 35.5. The smallest absolute Gasteiger partial charge is 0.343 e. The summed E-state index contributed by atoms with van der Waals surface area (Å²) in [5.41, 5.74) is 0.0131. The number of fused-ring (bicyclic) bond motifs is 2. The van der Waals surface area contributed by atoms with Gasteiger partial charge in [0.25, 0.3) is 0 Å². The van der Waals surface area contributed by atoms with Crippen molar-refractivity contribution in [1.82, 2.24) is 0 Å². The largest absolute Gasteiger partial charge is 0.487 e. The van der Waals surface area contributed by atoms with Crippen molar-refractivity contribution < 1.29 is 34.0 Å². The first-order chi connectivity index (χ1) is 20.3. The van der Waals surface area contributed by atoms with E-state index in [-0.39, 0.29) is 17.4 Å². The van der Waals surface area contributed by atoms with Gasteiger partial charge in [-0.25, -0.2) is 4.79 Å². The third kappa shape index (κ3) is 7.91. The molecule has 1 aliphatic heterocycles. The number of esters is 2. The summed E-state index contributed by atoms with van der Waals surface area (Å²) >= 11 is 6.31. The molecule has 0 saturated heterocycles. The molecule has 234 valence electrons. The van der Waals surface area contributed by atoms with Crippen molar-refractivity contribution in [2.75, 3.05) is 25.1 Å². The molecular weight excluding hydrogens is 570 g/mol. The Hall–Kier alpha value is -3.07. The zero-order valence-electron chi connectivity index (χ0n) is 25.6. The van der Waals surface area contributed by atoms with Crippen LogP contribution in [0.2, 0.25) is 5.02 Å². The van der Waals surface area contributed by atoms with Crippen molar-refractivity contribution in [3.63, 3.8) is 0 Å². The van der Waals surface area contributed by atoms with Gasteiger partial charge in [0, 0.05) is 18.1 Å². The highest BCUT2D eigenvalue weighted by Crippen LogP contribution is 2.42. The van der Waals surface area contributed by atoms with Crippen LogP contribution in [0, 0.1) is 11.8 Å². The molecule has 1 aliphatic carbocycles. The van der Waals surface area contributed by atoms with E-state index in [4.69, 9.17) is 25.8 Å². The van der Waals surface area contributed by atoms with Gasteiger partial charge < -0.3 is 29.3 Å². The SMILES string of the molecule is C=C[C@H](O)[C@@H]1CC[C@H]1CN1CCCCc2cc(Cl)ccc2COc2ccc([C@@](O)(CC(=O)OC(C)(C)C)C(=O)OC)cc21. The normalized spacial score (nSPS) is 21.0. The van der Waals surface area contributed by atoms with E-state index in [9.17, 15) is 19.8 Å². The zero-order valence-corrected chi connectivity index (χ0v) is 26.4. The Morgan fingerprint density at radius 3 is 2.58 bits per heavy atom. The van der Waals surface area contributed by atoms with Crippen LogP contribution in [0.5, 0.6) is 5.75 Å². The lowest BCUT2D eigenvalue weighted by atomic mass is 9.70. The Balaban J connectivity index is 1.75. The van der Waals surface area contributed by atoms with E-state index in [0.717, 1.165) is 43.2 Å². The second kappa shape index (κ2) is 13.7. The van der Waals surface area contributed by atoms with Crippen LogP contribution in [0.3, 0.4) is 0 Å². The van der Waals surface area contributed by atoms with E-state index >= 15 is 0 Å². The van der Waals surface area contributed by atoms with Crippen LogP contribution in [0.25, 0.3) is 0 Å². The van der Waals surface area contributed by atoms with Gasteiger partial charge in [-0.15, -0.1) is 6.58 Å². The second-order valence-corrected chi connectivity index (χ2v) is 13.1. The molecule has 2 aromatic carbocycles. The number of aliphatic hydroxyl groups is 2. The molecule has 2 aliphatic rings. The van der Waals surface area contributed by atoms with Crippen molar-refractivity contribution in [1.29, 1.82) is 0 Å². The number of hydrogen-bond acceptors (Lipinski definition) is 8. The molecule has 4 rings (SSSR count). The first kappa shape index (κ1) is 32.8. The predicted molar refractivity (Wildman–Crippen MR) is 166 cm³/mol. The van der Waals surface area contributed by atoms with Crippen LogP contribution in [0.1, 0.15) is 69.6 Å². The van der Waals surface area contributed by atoms with Crippen molar-refractivity contribution in [3.05, 3.63) is 70.8 Å². The first-order valence-corrected chi connectivity index (χ1v) is 15.3. The summed E-state index contributed by atoms with van der Waals surface area (Å²) in [6, 6.07) is 10.9. The van der Waals surface area contributed by atoms with E-state index in [2.05, 4.69) is 11.5 Å². The maximum atomic E-state index is 13.0. The van der Waals surface area contributed by atoms with Gasteiger partial charge in [-0.2, -0.15) is 0 Å². The van der Waals surface area contributed by atoms with Crippen LogP contribution in [-0.2, 0) is 37.7 Å². The van der Waals surface area contributed by atoms with Crippen molar-refractivity contribution in [2.45, 2.75) is 83.2 Å². The van der Waals surface area contributed by atoms with E-state index in [1.807, 2.05) is 18.2 Å². The third-order valence-corrected chi connectivity index (χ3v) is 8.64. The summed E-state index contributed by atoms with van der Waals surface area (Å²) in [6.07, 6.45) is 4.94.